The SMILES string of the molecule is CCOc1ccc(OCCNS(=O)(=O)c2ccc3c(c2)OCO3)cc1. The molecule has 0 unspecified atom stereocenters. The van der Waals surface area contributed by atoms with E-state index in [1.54, 1.807) is 30.3 Å². The van der Waals surface area contributed by atoms with Crippen LogP contribution in [-0.4, -0.2) is 35.0 Å². The van der Waals surface area contributed by atoms with Crippen LogP contribution in [0.15, 0.2) is 47.4 Å². The van der Waals surface area contributed by atoms with Gasteiger partial charge in [0.15, 0.2) is 11.5 Å². The van der Waals surface area contributed by atoms with Gasteiger partial charge in [-0.2, -0.15) is 0 Å². The van der Waals surface area contributed by atoms with Crippen LogP contribution >= 0.6 is 0 Å². The lowest BCUT2D eigenvalue weighted by Gasteiger charge is -2.10. The van der Waals surface area contributed by atoms with E-state index in [1.165, 1.54) is 12.1 Å². The maximum Gasteiger partial charge on any atom is 0.240 e. The van der Waals surface area contributed by atoms with E-state index >= 15 is 0 Å². The number of hydrogen-bond donors (Lipinski definition) is 1. The van der Waals surface area contributed by atoms with Crippen molar-refractivity contribution in [2.24, 2.45) is 0 Å². The van der Waals surface area contributed by atoms with E-state index in [1.807, 2.05) is 6.92 Å². The van der Waals surface area contributed by atoms with Gasteiger partial charge in [-0.25, -0.2) is 13.1 Å². The standard InChI is InChI=1S/C17H19NO6S/c1-2-21-13-3-5-14(6-4-13)22-10-9-18-25(19,20)15-7-8-16-17(11-15)24-12-23-16/h3-8,11,18H,2,9-10,12H2,1H3. The zero-order valence-corrected chi connectivity index (χ0v) is 14.5. The summed E-state index contributed by atoms with van der Waals surface area (Å²) in [4.78, 5) is 0.123. The Morgan fingerprint density at radius 3 is 2.40 bits per heavy atom. The number of benzene rings is 2. The highest BCUT2D eigenvalue weighted by Gasteiger charge is 2.19. The first-order chi connectivity index (χ1) is 12.1. The quantitative estimate of drug-likeness (QED) is 0.722. The number of ether oxygens (including phenoxy) is 4. The molecule has 1 aliphatic rings. The first-order valence-electron chi connectivity index (χ1n) is 7.83. The van der Waals surface area contributed by atoms with Gasteiger partial charge in [-0.15, -0.1) is 0 Å². The average molecular weight is 365 g/mol. The molecule has 0 fully saturated rings. The van der Waals surface area contributed by atoms with Gasteiger partial charge in [-0.05, 0) is 43.3 Å². The third-order valence-electron chi connectivity index (χ3n) is 3.45. The normalized spacial score (nSPS) is 12.8. The molecule has 0 bridgehead atoms. The maximum atomic E-state index is 12.3. The van der Waals surface area contributed by atoms with E-state index in [2.05, 4.69) is 4.72 Å². The van der Waals surface area contributed by atoms with Gasteiger partial charge in [-0.3, -0.25) is 0 Å². The van der Waals surface area contributed by atoms with Crippen LogP contribution in [0.1, 0.15) is 6.92 Å². The molecular formula is C17H19NO6S. The zero-order valence-electron chi connectivity index (χ0n) is 13.7. The first-order valence-corrected chi connectivity index (χ1v) is 9.32. The van der Waals surface area contributed by atoms with Crippen molar-refractivity contribution >= 4 is 10.0 Å². The molecule has 8 heteroatoms. The second-order valence-electron chi connectivity index (χ2n) is 5.17. The lowest BCUT2D eigenvalue weighted by atomic mass is 10.3. The Bertz CT molecular complexity index is 820. The summed E-state index contributed by atoms with van der Waals surface area (Å²) in [5.41, 5.74) is 0. The second kappa shape index (κ2) is 7.62. The van der Waals surface area contributed by atoms with Gasteiger partial charge >= 0.3 is 0 Å². The van der Waals surface area contributed by atoms with Crippen molar-refractivity contribution in [1.29, 1.82) is 0 Å². The molecule has 0 amide bonds. The molecule has 7 nitrogen and oxygen atoms in total. The van der Waals surface area contributed by atoms with Crippen LogP contribution in [-0.2, 0) is 10.0 Å². The van der Waals surface area contributed by atoms with E-state index in [9.17, 15) is 8.42 Å². The third-order valence-corrected chi connectivity index (χ3v) is 4.91. The topological polar surface area (TPSA) is 83.1 Å². The monoisotopic (exact) mass is 365 g/mol. The molecule has 0 atom stereocenters. The molecule has 1 N–H and O–H groups in total. The van der Waals surface area contributed by atoms with E-state index in [4.69, 9.17) is 18.9 Å². The van der Waals surface area contributed by atoms with Crippen molar-refractivity contribution in [2.45, 2.75) is 11.8 Å². The smallest absolute Gasteiger partial charge is 0.240 e. The molecule has 0 saturated carbocycles. The van der Waals surface area contributed by atoms with Crippen LogP contribution in [0, 0.1) is 0 Å². The fourth-order valence-corrected chi connectivity index (χ4v) is 3.30. The molecule has 0 saturated heterocycles. The van der Waals surface area contributed by atoms with Gasteiger partial charge in [0.25, 0.3) is 0 Å². The largest absolute Gasteiger partial charge is 0.494 e. The van der Waals surface area contributed by atoms with E-state index in [0.29, 0.717) is 23.9 Å². The van der Waals surface area contributed by atoms with Crippen molar-refractivity contribution < 1.29 is 27.4 Å². The maximum absolute atomic E-state index is 12.3. The summed E-state index contributed by atoms with van der Waals surface area (Å²) in [6.07, 6.45) is 0. The summed E-state index contributed by atoms with van der Waals surface area (Å²) in [6, 6.07) is 11.6. The van der Waals surface area contributed by atoms with Crippen molar-refractivity contribution in [3.63, 3.8) is 0 Å². The minimum atomic E-state index is -3.64. The van der Waals surface area contributed by atoms with E-state index in [-0.39, 0.29) is 24.8 Å². The Morgan fingerprint density at radius 2 is 1.68 bits per heavy atom. The predicted molar refractivity (Wildman–Crippen MR) is 90.9 cm³/mol. The van der Waals surface area contributed by atoms with E-state index in [0.717, 1.165) is 5.75 Å². The van der Waals surface area contributed by atoms with Gasteiger partial charge in [0.2, 0.25) is 16.8 Å². The Hall–Kier alpha value is -2.45. The van der Waals surface area contributed by atoms with Gasteiger partial charge in [0.1, 0.15) is 18.1 Å². The lowest BCUT2D eigenvalue weighted by Crippen LogP contribution is -2.28. The highest BCUT2D eigenvalue weighted by molar-refractivity contribution is 7.89. The van der Waals surface area contributed by atoms with Crippen LogP contribution in [0.5, 0.6) is 23.0 Å². The van der Waals surface area contributed by atoms with Gasteiger partial charge in [0, 0.05) is 12.6 Å². The minimum Gasteiger partial charge on any atom is -0.494 e. The Kier molecular flexibility index (Phi) is 5.30. The lowest BCUT2D eigenvalue weighted by molar-refractivity contribution is 0.174. The highest BCUT2D eigenvalue weighted by Crippen LogP contribution is 2.33. The molecule has 2 aromatic carbocycles. The third kappa shape index (κ3) is 4.34. The summed E-state index contributed by atoms with van der Waals surface area (Å²) < 4.78 is 48.3. The Balaban J connectivity index is 1.51. The molecule has 2 aromatic rings. The molecule has 25 heavy (non-hydrogen) atoms. The molecule has 0 radical (unpaired) electrons. The number of sulfonamides is 1. The fourth-order valence-electron chi connectivity index (χ4n) is 2.27. The molecule has 0 spiro atoms. The number of nitrogens with one attached hydrogen (secondary N) is 1. The van der Waals surface area contributed by atoms with E-state index < -0.39 is 10.0 Å². The predicted octanol–water partition coefficient (Wildman–Crippen LogP) is 2.17. The summed E-state index contributed by atoms with van der Waals surface area (Å²) in [5.74, 6) is 2.37. The molecule has 0 aromatic heterocycles. The number of fused-ring (bicyclic) bond motifs is 1. The summed E-state index contributed by atoms with van der Waals surface area (Å²) in [5, 5.41) is 0. The van der Waals surface area contributed by atoms with Crippen LogP contribution in [0.2, 0.25) is 0 Å². The molecule has 3 rings (SSSR count). The Labute approximate surface area is 146 Å². The second-order valence-corrected chi connectivity index (χ2v) is 6.93. The Morgan fingerprint density at radius 1 is 1.00 bits per heavy atom. The fraction of sp³-hybridized carbons (Fsp3) is 0.294. The highest BCUT2D eigenvalue weighted by atomic mass is 32.2. The van der Waals surface area contributed by atoms with Crippen molar-refractivity contribution in [1.82, 2.24) is 4.72 Å². The molecule has 134 valence electrons. The van der Waals surface area contributed by atoms with Crippen LogP contribution in [0.25, 0.3) is 0 Å². The zero-order chi connectivity index (χ0) is 17.7. The van der Waals surface area contributed by atoms with Crippen LogP contribution < -0.4 is 23.7 Å². The summed E-state index contributed by atoms with van der Waals surface area (Å²) >= 11 is 0. The van der Waals surface area contributed by atoms with Crippen molar-refractivity contribution in [2.75, 3.05) is 26.6 Å². The minimum absolute atomic E-state index is 0.0994. The number of rotatable bonds is 8. The van der Waals surface area contributed by atoms with Gasteiger partial charge < -0.3 is 18.9 Å². The number of hydrogen-bond acceptors (Lipinski definition) is 6. The molecular weight excluding hydrogens is 346 g/mol. The van der Waals surface area contributed by atoms with Crippen molar-refractivity contribution in [3.05, 3.63) is 42.5 Å². The molecule has 0 aliphatic carbocycles. The first kappa shape index (κ1) is 17.4. The van der Waals surface area contributed by atoms with Gasteiger partial charge in [0.05, 0.1) is 11.5 Å². The molecule has 1 heterocycles. The van der Waals surface area contributed by atoms with Gasteiger partial charge in [-0.1, -0.05) is 0 Å². The molecule has 1 aliphatic heterocycles. The average Bonchev–Trinajstić information content (AvgIpc) is 3.08. The summed E-state index contributed by atoms with van der Waals surface area (Å²) in [7, 11) is -3.64. The van der Waals surface area contributed by atoms with Crippen molar-refractivity contribution in [3.8, 4) is 23.0 Å². The summed E-state index contributed by atoms with van der Waals surface area (Å²) in [6.45, 7) is 2.96. The van der Waals surface area contributed by atoms with Crippen LogP contribution in [0.4, 0.5) is 0 Å². The van der Waals surface area contributed by atoms with Crippen LogP contribution in [0.3, 0.4) is 0 Å².